The van der Waals surface area contributed by atoms with Crippen molar-refractivity contribution < 1.29 is 9.59 Å². The molecule has 2 aliphatic rings. The number of fused-ring (bicyclic) bond motifs is 2. The van der Waals surface area contributed by atoms with Crippen LogP contribution >= 0.6 is 11.3 Å². The molecule has 0 aliphatic carbocycles. The minimum Gasteiger partial charge on any atom is -0.337 e. The van der Waals surface area contributed by atoms with E-state index < -0.39 is 0 Å². The highest BCUT2D eigenvalue weighted by molar-refractivity contribution is 7.18. The molecule has 5 rings (SSSR count). The molecule has 6 heteroatoms. The number of aromatic nitrogens is 1. The molecule has 3 heterocycles. The van der Waals surface area contributed by atoms with Crippen LogP contribution in [0.1, 0.15) is 33.8 Å². The van der Waals surface area contributed by atoms with Crippen LogP contribution in [0.4, 0.5) is 5.69 Å². The lowest BCUT2D eigenvalue weighted by atomic mass is 9.98. The molecule has 0 N–H and O–H groups in total. The van der Waals surface area contributed by atoms with Crippen LogP contribution in [0.5, 0.6) is 0 Å². The zero-order valence-corrected chi connectivity index (χ0v) is 15.8. The maximum Gasteiger partial charge on any atom is 0.253 e. The molecule has 1 fully saturated rings. The third kappa shape index (κ3) is 2.72. The number of anilines is 1. The van der Waals surface area contributed by atoms with Crippen LogP contribution in [0.15, 0.2) is 42.5 Å². The molecule has 2 aliphatic heterocycles. The fraction of sp³-hybridized carbons (Fsp3) is 0.286. The standard InChI is InChI=1S/C21H19N3O2S/c1-13(25)24-9-8-14-10-15(6-7-18(14)24)21(26)23-11-16(12-23)20-22-17-4-2-3-5-19(17)27-20/h2-7,10,16H,8-9,11-12H2,1H3. The summed E-state index contributed by atoms with van der Waals surface area (Å²) in [5, 5.41) is 1.12. The van der Waals surface area contributed by atoms with Crippen LogP contribution in [0.2, 0.25) is 0 Å². The van der Waals surface area contributed by atoms with E-state index >= 15 is 0 Å². The lowest BCUT2D eigenvalue weighted by Crippen LogP contribution is -2.48. The number of amides is 2. The summed E-state index contributed by atoms with van der Waals surface area (Å²) in [7, 11) is 0. The number of carbonyl (C=O) groups is 2. The van der Waals surface area contributed by atoms with Gasteiger partial charge in [0.05, 0.1) is 10.2 Å². The summed E-state index contributed by atoms with van der Waals surface area (Å²) in [6.07, 6.45) is 0.810. The van der Waals surface area contributed by atoms with Crippen LogP contribution in [0.25, 0.3) is 10.2 Å². The Hall–Kier alpha value is -2.73. The van der Waals surface area contributed by atoms with Gasteiger partial charge in [-0.3, -0.25) is 9.59 Å². The zero-order valence-electron chi connectivity index (χ0n) is 15.0. The van der Waals surface area contributed by atoms with Crippen molar-refractivity contribution in [3.8, 4) is 0 Å². The van der Waals surface area contributed by atoms with Crippen molar-refractivity contribution in [1.29, 1.82) is 0 Å². The summed E-state index contributed by atoms with van der Waals surface area (Å²) in [6.45, 7) is 3.72. The SMILES string of the molecule is CC(=O)N1CCc2cc(C(=O)N3CC(c4nc5ccccc5s4)C3)ccc21. The zero-order chi connectivity index (χ0) is 18.5. The highest BCUT2D eigenvalue weighted by Gasteiger charge is 2.35. The van der Waals surface area contributed by atoms with E-state index in [1.165, 1.54) is 4.70 Å². The van der Waals surface area contributed by atoms with Gasteiger partial charge in [-0.2, -0.15) is 0 Å². The van der Waals surface area contributed by atoms with Crippen LogP contribution < -0.4 is 4.90 Å². The molecule has 0 spiro atoms. The van der Waals surface area contributed by atoms with Gasteiger partial charge >= 0.3 is 0 Å². The van der Waals surface area contributed by atoms with Gasteiger partial charge in [0.1, 0.15) is 5.01 Å². The van der Waals surface area contributed by atoms with E-state index in [0.717, 1.165) is 41.3 Å². The van der Waals surface area contributed by atoms with E-state index in [1.807, 2.05) is 41.3 Å². The van der Waals surface area contributed by atoms with Gasteiger partial charge < -0.3 is 9.80 Å². The molecule has 0 saturated carbocycles. The lowest BCUT2D eigenvalue weighted by molar-refractivity contribution is -0.116. The van der Waals surface area contributed by atoms with Crippen molar-refractivity contribution in [2.45, 2.75) is 19.3 Å². The largest absolute Gasteiger partial charge is 0.337 e. The minimum atomic E-state index is 0.0502. The molecule has 1 aromatic heterocycles. The summed E-state index contributed by atoms with van der Waals surface area (Å²) >= 11 is 1.72. The Morgan fingerprint density at radius 1 is 1.15 bits per heavy atom. The summed E-state index contributed by atoms with van der Waals surface area (Å²) < 4.78 is 1.20. The molecule has 0 bridgehead atoms. The average molecular weight is 377 g/mol. The maximum absolute atomic E-state index is 12.8. The molecule has 2 amide bonds. The van der Waals surface area contributed by atoms with E-state index in [-0.39, 0.29) is 11.8 Å². The number of benzene rings is 2. The molecule has 0 unspecified atom stereocenters. The fourth-order valence-corrected chi connectivity index (χ4v) is 4.96. The maximum atomic E-state index is 12.8. The Morgan fingerprint density at radius 2 is 1.96 bits per heavy atom. The summed E-state index contributed by atoms with van der Waals surface area (Å²) in [6, 6.07) is 13.9. The molecule has 3 aromatic rings. The number of nitrogens with zero attached hydrogens (tertiary/aromatic N) is 3. The average Bonchev–Trinajstić information content (AvgIpc) is 3.23. The van der Waals surface area contributed by atoms with Crippen LogP contribution in [0.3, 0.4) is 0 Å². The number of thiazole rings is 1. The predicted octanol–water partition coefficient (Wildman–Crippen LogP) is 3.44. The Morgan fingerprint density at radius 3 is 2.74 bits per heavy atom. The van der Waals surface area contributed by atoms with Gasteiger partial charge in [-0.15, -0.1) is 11.3 Å². The second-order valence-corrected chi connectivity index (χ2v) is 8.25. The van der Waals surface area contributed by atoms with Crippen LogP contribution in [0, 0.1) is 0 Å². The van der Waals surface area contributed by atoms with E-state index in [4.69, 9.17) is 4.98 Å². The first-order valence-corrected chi connectivity index (χ1v) is 9.97. The first-order chi connectivity index (χ1) is 13.1. The molecule has 0 radical (unpaired) electrons. The van der Waals surface area contributed by atoms with Gasteiger partial charge in [0.2, 0.25) is 5.91 Å². The molecule has 5 nitrogen and oxygen atoms in total. The summed E-state index contributed by atoms with van der Waals surface area (Å²) in [5.41, 5.74) is 3.77. The number of rotatable bonds is 2. The lowest BCUT2D eigenvalue weighted by Gasteiger charge is -2.38. The quantitative estimate of drug-likeness (QED) is 0.687. The third-order valence-electron chi connectivity index (χ3n) is 5.43. The van der Waals surface area contributed by atoms with Gasteiger partial charge in [0, 0.05) is 43.7 Å². The summed E-state index contributed by atoms with van der Waals surface area (Å²) in [5.74, 6) is 0.444. The highest BCUT2D eigenvalue weighted by Crippen LogP contribution is 2.35. The van der Waals surface area contributed by atoms with Gasteiger partial charge in [0.15, 0.2) is 0 Å². The second kappa shape index (κ2) is 6.16. The van der Waals surface area contributed by atoms with Crippen molar-refractivity contribution >= 4 is 39.1 Å². The number of likely N-dealkylation sites (tertiary alicyclic amines) is 1. The van der Waals surface area contributed by atoms with Crippen molar-refractivity contribution in [3.05, 3.63) is 58.6 Å². The minimum absolute atomic E-state index is 0.0502. The second-order valence-electron chi connectivity index (χ2n) is 7.19. The molecule has 1 saturated heterocycles. The van der Waals surface area contributed by atoms with Crippen molar-refractivity contribution in [2.75, 3.05) is 24.5 Å². The molecule has 136 valence electrons. The first-order valence-electron chi connectivity index (χ1n) is 9.16. The van der Waals surface area contributed by atoms with E-state index in [1.54, 1.807) is 23.2 Å². The monoisotopic (exact) mass is 377 g/mol. The van der Waals surface area contributed by atoms with Gasteiger partial charge in [0.25, 0.3) is 5.91 Å². The van der Waals surface area contributed by atoms with E-state index in [2.05, 4.69) is 6.07 Å². The van der Waals surface area contributed by atoms with Crippen LogP contribution in [-0.2, 0) is 11.2 Å². The first kappa shape index (κ1) is 16.4. The van der Waals surface area contributed by atoms with Crippen LogP contribution in [-0.4, -0.2) is 41.3 Å². The topological polar surface area (TPSA) is 53.5 Å². The molecule has 27 heavy (non-hydrogen) atoms. The Balaban J connectivity index is 1.30. The predicted molar refractivity (Wildman–Crippen MR) is 106 cm³/mol. The van der Waals surface area contributed by atoms with Gasteiger partial charge in [-0.25, -0.2) is 4.98 Å². The smallest absolute Gasteiger partial charge is 0.253 e. The van der Waals surface area contributed by atoms with Crippen molar-refractivity contribution in [3.63, 3.8) is 0 Å². The van der Waals surface area contributed by atoms with Crippen molar-refractivity contribution in [1.82, 2.24) is 9.88 Å². The fourth-order valence-electron chi connectivity index (χ4n) is 3.91. The number of carbonyl (C=O) groups excluding carboxylic acids is 2. The number of hydrogen-bond donors (Lipinski definition) is 0. The molecule has 2 aromatic carbocycles. The van der Waals surface area contributed by atoms with E-state index in [0.29, 0.717) is 18.0 Å². The third-order valence-corrected chi connectivity index (χ3v) is 6.63. The van der Waals surface area contributed by atoms with E-state index in [9.17, 15) is 9.59 Å². The molecule has 0 atom stereocenters. The Bertz CT molecular complexity index is 1040. The van der Waals surface area contributed by atoms with Gasteiger partial charge in [-0.05, 0) is 42.3 Å². The van der Waals surface area contributed by atoms with Crippen molar-refractivity contribution in [2.24, 2.45) is 0 Å². The number of para-hydroxylation sites is 1. The summed E-state index contributed by atoms with van der Waals surface area (Å²) in [4.78, 5) is 32.9. The Kier molecular flexibility index (Phi) is 3.75. The molecular weight excluding hydrogens is 358 g/mol. The molecular formula is C21H19N3O2S. The highest BCUT2D eigenvalue weighted by atomic mass is 32.1. The normalized spacial score (nSPS) is 16.5. The number of hydrogen-bond acceptors (Lipinski definition) is 4. The Labute approximate surface area is 161 Å². The van der Waals surface area contributed by atoms with Gasteiger partial charge in [-0.1, -0.05) is 12.1 Å².